The SMILES string of the molecule is N#C/C=C(\I)CCCC1CCCCC1=O. The molecule has 0 aromatic carbocycles. The van der Waals surface area contributed by atoms with Crippen molar-refractivity contribution in [3.63, 3.8) is 0 Å². The van der Waals surface area contributed by atoms with Crippen LogP contribution in [0.15, 0.2) is 9.66 Å². The first-order valence-electron chi connectivity index (χ1n) is 5.51. The zero-order valence-corrected chi connectivity index (χ0v) is 11.0. The molecule has 0 saturated heterocycles. The number of allylic oxidation sites excluding steroid dienone is 2. The van der Waals surface area contributed by atoms with Gasteiger partial charge in [0.05, 0.1) is 6.07 Å². The molecule has 1 unspecified atom stereocenters. The van der Waals surface area contributed by atoms with Crippen molar-refractivity contribution in [2.45, 2.75) is 44.9 Å². The van der Waals surface area contributed by atoms with E-state index in [1.165, 1.54) is 6.42 Å². The Kier molecular flexibility index (Phi) is 5.92. The summed E-state index contributed by atoms with van der Waals surface area (Å²) >= 11 is 2.19. The van der Waals surface area contributed by atoms with E-state index in [1.54, 1.807) is 6.08 Å². The fourth-order valence-corrected chi connectivity index (χ4v) is 2.54. The lowest BCUT2D eigenvalue weighted by atomic mass is 9.84. The standard InChI is InChI=1S/C12H16INO/c13-11(8-9-14)6-3-5-10-4-1-2-7-12(10)15/h8,10H,1-7H2/b11-8-. The zero-order valence-electron chi connectivity index (χ0n) is 8.84. The molecule has 0 N–H and O–H groups in total. The molecule has 0 amide bonds. The number of rotatable bonds is 4. The minimum absolute atomic E-state index is 0.310. The summed E-state index contributed by atoms with van der Waals surface area (Å²) in [6, 6.07) is 2.03. The van der Waals surface area contributed by atoms with E-state index in [4.69, 9.17) is 5.26 Å². The Bertz CT molecular complexity index is 290. The van der Waals surface area contributed by atoms with Crippen LogP contribution in [0.2, 0.25) is 0 Å². The van der Waals surface area contributed by atoms with Crippen LogP contribution in [0, 0.1) is 17.2 Å². The minimum atomic E-state index is 0.310. The summed E-state index contributed by atoms with van der Waals surface area (Å²) in [4.78, 5) is 11.5. The first kappa shape index (κ1) is 12.7. The number of halogens is 1. The quantitative estimate of drug-likeness (QED) is 0.585. The van der Waals surface area contributed by atoms with Gasteiger partial charge in [-0.1, -0.05) is 6.42 Å². The molecule has 1 fully saturated rings. The van der Waals surface area contributed by atoms with Crippen molar-refractivity contribution in [3.8, 4) is 6.07 Å². The molecule has 0 heterocycles. The van der Waals surface area contributed by atoms with Gasteiger partial charge in [-0.2, -0.15) is 5.26 Å². The van der Waals surface area contributed by atoms with Gasteiger partial charge in [0.25, 0.3) is 0 Å². The van der Waals surface area contributed by atoms with E-state index < -0.39 is 0 Å². The predicted molar refractivity (Wildman–Crippen MR) is 68.5 cm³/mol. The second kappa shape index (κ2) is 7.00. The topological polar surface area (TPSA) is 40.9 Å². The highest BCUT2D eigenvalue weighted by atomic mass is 127. The first-order chi connectivity index (χ1) is 7.24. The average Bonchev–Trinajstić information content (AvgIpc) is 2.21. The Hall–Kier alpha value is -0.370. The monoisotopic (exact) mass is 317 g/mol. The van der Waals surface area contributed by atoms with Crippen LogP contribution in [-0.2, 0) is 4.79 Å². The Balaban J connectivity index is 2.22. The maximum atomic E-state index is 11.5. The van der Waals surface area contributed by atoms with Gasteiger partial charge in [0.2, 0.25) is 0 Å². The van der Waals surface area contributed by atoms with Gasteiger partial charge in [-0.15, -0.1) is 0 Å². The van der Waals surface area contributed by atoms with Gasteiger partial charge >= 0.3 is 0 Å². The molecule has 1 aliphatic carbocycles. The number of hydrogen-bond donors (Lipinski definition) is 0. The van der Waals surface area contributed by atoms with Crippen LogP contribution in [0.25, 0.3) is 0 Å². The summed E-state index contributed by atoms with van der Waals surface area (Å²) in [5.74, 6) is 0.769. The summed E-state index contributed by atoms with van der Waals surface area (Å²) < 4.78 is 1.10. The minimum Gasteiger partial charge on any atom is -0.299 e. The van der Waals surface area contributed by atoms with Gasteiger partial charge in [-0.05, 0) is 54.7 Å². The number of hydrogen-bond acceptors (Lipinski definition) is 2. The lowest BCUT2D eigenvalue weighted by Crippen LogP contribution is -2.18. The van der Waals surface area contributed by atoms with Crippen LogP contribution in [-0.4, -0.2) is 5.78 Å². The first-order valence-corrected chi connectivity index (χ1v) is 6.59. The molecule has 0 spiro atoms. The third kappa shape index (κ3) is 4.78. The lowest BCUT2D eigenvalue weighted by Gasteiger charge is -2.19. The number of nitrogens with zero attached hydrogens (tertiary/aromatic N) is 1. The molecule has 82 valence electrons. The molecule has 0 aliphatic heterocycles. The third-order valence-electron chi connectivity index (χ3n) is 2.87. The number of carbonyl (C=O) groups excluding carboxylic acids is 1. The Morgan fingerprint density at radius 1 is 1.60 bits per heavy atom. The van der Waals surface area contributed by atoms with Crippen LogP contribution in [0.4, 0.5) is 0 Å². The number of ketones is 1. The van der Waals surface area contributed by atoms with Crippen LogP contribution >= 0.6 is 22.6 Å². The number of carbonyl (C=O) groups is 1. The van der Waals surface area contributed by atoms with Gasteiger partial charge in [-0.3, -0.25) is 4.79 Å². The van der Waals surface area contributed by atoms with Crippen LogP contribution in [0.3, 0.4) is 0 Å². The van der Waals surface area contributed by atoms with E-state index in [-0.39, 0.29) is 0 Å². The Labute approximate surface area is 105 Å². The predicted octanol–water partition coefficient (Wildman–Crippen LogP) is 3.76. The van der Waals surface area contributed by atoms with Crippen LogP contribution in [0.1, 0.15) is 44.9 Å². The van der Waals surface area contributed by atoms with Gasteiger partial charge < -0.3 is 0 Å². The van der Waals surface area contributed by atoms with E-state index >= 15 is 0 Å². The molecular weight excluding hydrogens is 301 g/mol. The highest BCUT2D eigenvalue weighted by Gasteiger charge is 2.21. The molecule has 2 nitrogen and oxygen atoms in total. The van der Waals surface area contributed by atoms with E-state index in [0.717, 1.165) is 42.1 Å². The van der Waals surface area contributed by atoms with Crippen molar-refractivity contribution >= 4 is 28.4 Å². The van der Waals surface area contributed by atoms with Crippen molar-refractivity contribution in [1.82, 2.24) is 0 Å². The summed E-state index contributed by atoms with van der Waals surface area (Å²) in [7, 11) is 0. The molecule has 1 atom stereocenters. The molecule has 1 aliphatic rings. The molecule has 0 aromatic rings. The average molecular weight is 317 g/mol. The molecule has 15 heavy (non-hydrogen) atoms. The van der Waals surface area contributed by atoms with E-state index in [9.17, 15) is 4.79 Å². The van der Waals surface area contributed by atoms with Gasteiger partial charge in [0, 0.05) is 22.0 Å². The fraction of sp³-hybridized carbons (Fsp3) is 0.667. The molecule has 3 heteroatoms. The summed E-state index contributed by atoms with van der Waals surface area (Å²) in [6.07, 6.45) is 8.73. The normalized spacial score (nSPS) is 22.5. The maximum Gasteiger partial charge on any atom is 0.135 e. The van der Waals surface area contributed by atoms with E-state index in [0.29, 0.717) is 11.7 Å². The summed E-state index contributed by atoms with van der Waals surface area (Å²) in [5.41, 5.74) is 0. The Morgan fingerprint density at radius 3 is 3.07 bits per heavy atom. The molecule has 0 radical (unpaired) electrons. The van der Waals surface area contributed by atoms with E-state index in [2.05, 4.69) is 22.6 Å². The highest BCUT2D eigenvalue weighted by Crippen LogP contribution is 2.26. The molecular formula is C12H16INO. The highest BCUT2D eigenvalue weighted by molar-refractivity contribution is 14.1. The summed E-state index contributed by atoms with van der Waals surface area (Å²) in [5, 5.41) is 8.44. The van der Waals surface area contributed by atoms with Crippen molar-refractivity contribution < 1.29 is 4.79 Å². The number of Topliss-reactive ketones (excluding diaryl/α,β-unsaturated/α-hetero) is 1. The van der Waals surface area contributed by atoms with Crippen molar-refractivity contribution in [1.29, 1.82) is 5.26 Å². The van der Waals surface area contributed by atoms with Crippen LogP contribution in [0.5, 0.6) is 0 Å². The molecule has 1 saturated carbocycles. The van der Waals surface area contributed by atoms with Crippen molar-refractivity contribution in [3.05, 3.63) is 9.66 Å². The zero-order chi connectivity index (χ0) is 11.1. The molecule has 0 bridgehead atoms. The number of nitriles is 1. The van der Waals surface area contributed by atoms with Crippen molar-refractivity contribution in [2.75, 3.05) is 0 Å². The lowest BCUT2D eigenvalue weighted by molar-refractivity contribution is -0.124. The van der Waals surface area contributed by atoms with Gasteiger partial charge in [0.15, 0.2) is 0 Å². The largest absolute Gasteiger partial charge is 0.299 e. The third-order valence-corrected chi connectivity index (χ3v) is 3.72. The van der Waals surface area contributed by atoms with Crippen molar-refractivity contribution in [2.24, 2.45) is 5.92 Å². The van der Waals surface area contributed by atoms with Crippen LogP contribution < -0.4 is 0 Å². The molecule has 1 rings (SSSR count). The van der Waals surface area contributed by atoms with Gasteiger partial charge in [0.1, 0.15) is 5.78 Å². The fourth-order valence-electron chi connectivity index (χ4n) is 2.02. The Morgan fingerprint density at radius 2 is 2.40 bits per heavy atom. The smallest absolute Gasteiger partial charge is 0.135 e. The molecule has 0 aromatic heterocycles. The second-order valence-corrected chi connectivity index (χ2v) is 5.41. The van der Waals surface area contributed by atoms with Gasteiger partial charge in [-0.25, -0.2) is 0 Å². The summed E-state index contributed by atoms with van der Waals surface area (Å²) in [6.45, 7) is 0. The van der Waals surface area contributed by atoms with E-state index in [1.807, 2.05) is 6.07 Å². The second-order valence-electron chi connectivity index (χ2n) is 4.02. The maximum absolute atomic E-state index is 11.5.